The Bertz CT molecular complexity index is 370. The monoisotopic (exact) mass is 250 g/mol. The van der Waals surface area contributed by atoms with Crippen molar-refractivity contribution in [1.29, 1.82) is 0 Å². The van der Waals surface area contributed by atoms with E-state index in [0.717, 1.165) is 31.9 Å². The van der Waals surface area contributed by atoms with E-state index in [1.54, 1.807) is 4.90 Å². The van der Waals surface area contributed by atoms with Crippen molar-refractivity contribution in [1.82, 2.24) is 15.2 Å². The topological polar surface area (TPSA) is 51.4 Å². The third-order valence-electron chi connectivity index (χ3n) is 3.59. The molecule has 1 amide bonds. The molecule has 18 heavy (non-hydrogen) atoms. The lowest BCUT2D eigenvalue weighted by Gasteiger charge is -2.33. The number of H-pyrrole nitrogens is 1. The van der Waals surface area contributed by atoms with Gasteiger partial charge in [-0.15, -0.1) is 0 Å². The molecule has 100 valence electrons. The van der Waals surface area contributed by atoms with E-state index < -0.39 is 0 Å². The Balaban J connectivity index is 1.86. The summed E-state index contributed by atoms with van der Waals surface area (Å²) in [6.07, 6.45) is 4.24. The van der Waals surface area contributed by atoms with Crippen LogP contribution in [-0.4, -0.2) is 55.1 Å². The SMILES string of the molecule is CC(CC(=O)N(C)c1cc[nH]c1)N1CCNCC1. The molecule has 0 aromatic carbocycles. The zero-order chi connectivity index (χ0) is 13.0. The number of rotatable bonds is 4. The first-order chi connectivity index (χ1) is 8.68. The smallest absolute Gasteiger partial charge is 0.228 e. The van der Waals surface area contributed by atoms with Crippen LogP contribution in [-0.2, 0) is 4.79 Å². The molecule has 0 spiro atoms. The van der Waals surface area contributed by atoms with Gasteiger partial charge >= 0.3 is 0 Å². The van der Waals surface area contributed by atoms with Gasteiger partial charge in [0.1, 0.15) is 0 Å². The van der Waals surface area contributed by atoms with Crippen molar-refractivity contribution in [2.24, 2.45) is 0 Å². The maximum Gasteiger partial charge on any atom is 0.228 e. The van der Waals surface area contributed by atoms with E-state index in [9.17, 15) is 4.79 Å². The lowest BCUT2D eigenvalue weighted by molar-refractivity contribution is -0.119. The van der Waals surface area contributed by atoms with E-state index in [1.165, 1.54) is 0 Å². The first-order valence-electron chi connectivity index (χ1n) is 6.52. The van der Waals surface area contributed by atoms with Crippen LogP contribution in [0.25, 0.3) is 0 Å². The van der Waals surface area contributed by atoms with Crippen LogP contribution in [0.2, 0.25) is 0 Å². The summed E-state index contributed by atoms with van der Waals surface area (Å²) in [5.74, 6) is 0.167. The van der Waals surface area contributed by atoms with E-state index in [-0.39, 0.29) is 5.91 Å². The highest BCUT2D eigenvalue weighted by Gasteiger charge is 2.21. The normalized spacial score (nSPS) is 18.6. The molecule has 1 unspecified atom stereocenters. The second-order valence-corrected chi connectivity index (χ2v) is 4.86. The van der Waals surface area contributed by atoms with Gasteiger partial charge in [-0.05, 0) is 13.0 Å². The van der Waals surface area contributed by atoms with Crippen LogP contribution in [0.4, 0.5) is 5.69 Å². The zero-order valence-electron chi connectivity index (χ0n) is 11.1. The number of nitrogens with zero attached hydrogens (tertiary/aromatic N) is 2. The lowest BCUT2D eigenvalue weighted by Crippen LogP contribution is -2.48. The van der Waals surface area contributed by atoms with Crippen molar-refractivity contribution in [3.05, 3.63) is 18.5 Å². The highest BCUT2D eigenvalue weighted by molar-refractivity contribution is 5.92. The predicted octanol–water partition coefficient (Wildman–Crippen LogP) is 0.661. The maximum atomic E-state index is 12.2. The number of amides is 1. The molecular weight excluding hydrogens is 228 g/mol. The summed E-state index contributed by atoms with van der Waals surface area (Å²) < 4.78 is 0. The number of hydrogen-bond acceptors (Lipinski definition) is 3. The molecule has 0 saturated carbocycles. The number of aromatic amines is 1. The molecule has 2 rings (SSSR count). The Kier molecular flexibility index (Phi) is 4.38. The van der Waals surface area contributed by atoms with Crippen LogP contribution < -0.4 is 10.2 Å². The zero-order valence-corrected chi connectivity index (χ0v) is 11.1. The Morgan fingerprint density at radius 1 is 1.50 bits per heavy atom. The Labute approximate surface area is 108 Å². The van der Waals surface area contributed by atoms with Crippen LogP contribution >= 0.6 is 0 Å². The molecule has 1 aliphatic rings. The van der Waals surface area contributed by atoms with Gasteiger partial charge in [-0.2, -0.15) is 0 Å². The Hall–Kier alpha value is -1.33. The number of carbonyl (C=O) groups is 1. The van der Waals surface area contributed by atoms with Crippen molar-refractivity contribution in [3.63, 3.8) is 0 Å². The summed E-state index contributed by atoms with van der Waals surface area (Å²) >= 11 is 0. The molecule has 1 aliphatic heterocycles. The molecule has 0 aliphatic carbocycles. The maximum absolute atomic E-state index is 12.2. The molecule has 0 bridgehead atoms. The van der Waals surface area contributed by atoms with E-state index in [0.29, 0.717) is 12.5 Å². The number of nitrogens with one attached hydrogen (secondary N) is 2. The highest BCUT2D eigenvalue weighted by Crippen LogP contribution is 2.14. The highest BCUT2D eigenvalue weighted by atomic mass is 16.2. The third kappa shape index (κ3) is 3.11. The standard InChI is InChI=1S/C13H22N4O/c1-11(17-7-5-14-6-8-17)9-13(18)16(2)12-3-4-15-10-12/h3-4,10-11,14-15H,5-9H2,1-2H3. The minimum atomic E-state index is 0.167. The summed E-state index contributed by atoms with van der Waals surface area (Å²) in [5, 5.41) is 3.33. The summed E-state index contributed by atoms with van der Waals surface area (Å²) in [5.41, 5.74) is 0.924. The first-order valence-corrected chi connectivity index (χ1v) is 6.52. The van der Waals surface area contributed by atoms with Gasteiger partial charge in [0.2, 0.25) is 5.91 Å². The summed E-state index contributed by atoms with van der Waals surface area (Å²) in [6, 6.07) is 2.22. The van der Waals surface area contributed by atoms with Gasteiger partial charge in [0.05, 0.1) is 5.69 Å². The van der Waals surface area contributed by atoms with Gasteiger partial charge < -0.3 is 15.2 Å². The molecule has 2 N–H and O–H groups in total. The summed E-state index contributed by atoms with van der Waals surface area (Å²) in [7, 11) is 1.83. The fourth-order valence-corrected chi connectivity index (χ4v) is 2.31. The van der Waals surface area contributed by atoms with Gasteiger partial charge in [-0.3, -0.25) is 9.69 Å². The molecule has 1 aromatic heterocycles. The Morgan fingerprint density at radius 3 is 2.83 bits per heavy atom. The molecule has 5 nitrogen and oxygen atoms in total. The van der Waals surface area contributed by atoms with Gasteiger partial charge in [0.25, 0.3) is 0 Å². The van der Waals surface area contributed by atoms with Crippen LogP contribution in [0.1, 0.15) is 13.3 Å². The van der Waals surface area contributed by atoms with Crippen molar-refractivity contribution < 1.29 is 4.79 Å². The van der Waals surface area contributed by atoms with Gasteiger partial charge in [0, 0.05) is 58.1 Å². The molecular formula is C13H22N4O. The van der Waals surface area contributed by atoms with E-state index in [4.69, 9.17) is 0 Å². The number of piperazine rings is 1. The number of hydrogen-bond donors (Lipinski definition) is 2. The van der Waals surface area contributed by atoms with Crippen molar-refractivity contribution in [3.8, 4) is 0 Å². The van der Waals surface area contributed by atoms with Gasteiger partial charge in [-0.25, -0.2) is 0 Å². The fraction of sp³-hybridized carbons (Fsp3) is 0.615. The molecule has 2 heterocycles. The fourth-order valence-electron chi connectivity index (χ4n) is 2.31. The van der Waals surface area contributed by atoms with Crippen LogP contribution in [0.5, 0.6) is 0 Å². The molecule has 1 aromatic rings. The number of carbonyl (C=O) groups excluding carboxylic acids is 1. The average Bonchev–Trinajstić information content (AvgIpc) is 2.92. The molecule has 0 radical (unpaired) electrons. The van der Waals surface area contributed by atoms with Gasteiger partial charge in [-0.1, -0.05) is 0 Å². The summed E-state index contributed by atoms with van der Waals surface area (Å²) in [6.45, 7) is 6.23. The quantitative estimate of drug-likeness (QED) is 0.825. The van der Waals surface area contributed by atoms with Crippen molar-refractivity contribution in [2.75, 3.05) is 38.1 Å². The number of aromatic nitrogens is 1. The van der Waals surface area contributed by atoms with E-state index in [1.807, 2.05) is 25.5 Å². The second-order valence-electron chi connectivity index (χ2n) is 4.86. The molecule has 1 fully saturated rings. The molecule has 1 atom stereocenters. The molecule has 5 heteroatoms. The van der Waals surface area contributed by atoms with Gasteiger partial charge in [0.15, 0.2) is 0 Å². The largest absolute Gasteiger partial charge is 0.366 e. The van der Waals surface area contributed by atoms with Crippen LogP contribution in [0.15, 0.2) is 18.5 Å². The Morgan fingerprint density at radius 2 is 2.22 bits per heavy atom. The summed E-state index contributed by atoms with van der Waals surface area (Å²) in [4.78, 5) is 19.2. The molecule has 1 saturated heterocycles. The van der Waals surface area contributed by atoms with Crippen LogP contribution in [0, 0.1) is 0 Å². The minimum absolute atomic E-state index is 0.167. The lowest BCUT2D eigenvalue weighted by atomic mass is 10.1. The predicted molar refractivity (Wildman–Crippen MR) is 72.7 cm³/mol. The van der Waals surface area contributed by atoms with E-state index >= 15 is 0 Å². The van der Waals surface area contributed by atoms with Crippen molar-refractivity contribution >= 4 is 11.6 Å². The third-order valence-corrected chi connectivity index (χ3v) is 3.59. The number of anilines is 1. The van der Waals surface area contributed by atoms with Crippen LogP contribution in [0.3, 0.4) is 0 Å². The first kappa shape index (κ1) is 13.1. The average molecular weight is 250 g/mol. The van der Waals surface area contributed by atoms with Crippen molar-refractivity contribution in [2.45, 2.75) is 19.4 Å². The van der Waals surface area contributed by atoms with E-state index in [2.05, 4.69) is 22.1 Å². The second kappa shape index (κ2) is 6.02. The minimum Gasteiger partial charge on any atom is -0.366 e.